The van der Waals surface area contributed by atoms with Crippen molar-refractivity contribution >= 4 is 29.2 Å². The van der Waals surface area contributed by atoms with Crippen LogP contribution in [0.1, 0.15) is 55.1 Å². The van der Waals surface area contributed by atoms with Gasteiger partial charge in [0.2, 0.25) is 5.91 Å². The smallest absolute Gasteiger partial charge is 0.230 e. The summed E-state index contributed by atoms with van der Waals surface area (Å²) in [6.07, 6.45) is 7.03. The molecule has 0 bridgehead atoms. The molecule has 1 aromatic carbocycles. The van der Waals surface area contributed by atoms with Crippen LogP contribution >= 0.6 is 11.3 Å². The summed E-state index contributed by atoms with van der Waals surface area (Å²) < 4.78 is 0. The maximum absolute atomic E-state index is 13.8. The first kappa shape index (κ1) is 21.3. The van der Waals surface area contributed by atoms with Crippen LogP contribution in [0.5, 0.6) is 0 Å². The number of benzene rings is 1. The fourth-order valence-corrected chi connectivity index (χ4v) is 5.84. The van der Waals surface area contributed by atoms with Crippen molar-refractivity contribution in [3.05, 3.63) is 41.3 Å². The lowest BCUT2D eigenvalue weighted by molar-refractivity contribution is -0.124. The second kappa shape index (κ2) is 9.44. The molecule has 2 aliphatic rings. The van der Waals surface area contributed by atoms with Crippen LogP contribution in [0.25, 0.3) is 10.4 Å². The second-order valence-electron chi connectivity index (χ2n) is 9.04. The molecule has 1 saturated heterocycles. The molecule has 30 heavy (non-hydrogen) atoms. The number of likely N-dealkylation sites (tertiary alicyclic amines) is 1. The number of nitrogens with zero attached hydrogens (tertiary/aromatic N) is 2. The van der Waals surface area contributed by atoms with Gasteiger partial charge in [0.1, 0.15) is 0 Å². The maximum Gasteiger partial charge on any atom is 0.230 e. The van der Waals surface area contributed by atoms with Crippen molar-refractivity contribution in [1.82, 2.24) is 4.90 Å². The number of hydrogen-bond donors (Lipinski definition) is 0. The van der Waals surface area contributed by atoms with Gasteiger partial charge in [-0.15, -0.1) is 11.3 Å². The zero-order chi connectivity index (χ0) is 21.1. The standard InChI is InChI=1S/C25H32N2O2S/c1-18-8-10-20(11-9-18)25(29)27(21-12-14-26(2)15-13-21)22-16-23(30-24(22)17-28)19-6-4-3-5-7-19/h3-7,16-18,20-21H,8-15H2,1-2H3. The second-order valence-corrected chi connectivity index (χ2v) is 10.1. The topological polar surface area (TPSA) is 40.6 Å². The number of piperidine rings is 1. The van der Waals surface area contributed by atoms with Gasteiger partial charge in [-0.2, -0.15) is 0 Å². The van der Waals surface area contributed by atoms with Gasteiger partial charge in [-0.05, 0) is 76.2 Å². The average Bonchev–Trinajstić information content (AvgIpc) is 3.20. The largest absolute Gasteiger partial charge is 0.307 e. The van der Waals surface area contributed by atoms with Gasteiger partial charge in [-0.25, -0.2) is 0 Å². The molecule has 2 heterocycles. The summed E-state index contributed by atoms with van der Waals surface area (Å²) >= 11 is 1.50. The van der Waals surface area contributed by atoms with Gasteiger partial charge in [0.15, 0.2) is 6.29 Å². The Morgan fingerprint density at radius 1 is 1.07 bits per heavy atom. The van der Waals surface area contributed by atoms with E-state index in [2.05, 4.69) is 37.1 Å². The van der Waals surface area contributed by atoms with Gasteiger partial charge in [-0.1, -0.05) is 37.3 Å². The van der Waals surface area contributed by atoms with Crippen molar-refractivity contribution in [2.45, 2.75) is 51.5 Å². The van der Waals surface area contributed by atoms with Crippen molar-refractivity contribution in [3.8, 4) is 10.4 Å². The predicted molar refractivity (Wildman–Crippen MR) is 124 cm³/mol. The molecule has 1 aliphatic carbocycles. The number of anilines is 1. The highest BCUT2D eigenvalue weighted by Gasteiger charge is 2.35. The predicted octanol–water partition coefficient (Wildman–Crippen LogP) is 5.48. The first-order valence-electron chi connectivity index (χ1n) is 11.2. The van der Waals surface area contributed by atoms with Gasteiger partial charge < -0.3 is 9.80 Å². The fraction of sp³-hybridized carbons (Fsp3) is 0.520. The van der Waals surface area contributed by atoms with Crippen molar-refractivity contribution in [3.63, 3.8) is 0 Å². The Labute approximate surface area is 183 Å². The molecule has 1 aromatic heterocycles. The molecule has 4 nitrogen and oxygen atoms in total. The van der Waals surface area contributed by atoms with Crippen LogP contribution in [0, 0.1) is 11.8 Å². The zero-order valence-corrected chi connectivity index (χ0v) is 18.9. The summed E-state index contributed by atoms with van der Waals surface area (Å²) in [5.41, 5.74) is 1.92. The van der Waals surface area contributed by atoms with Crippen LogP contribution in [0.3, 0.4) is 0 Å². The Morgan fingerprint density at radius 2 is 1.73 bits per heavy atom. The Balaban J connectivity index is 1.69. The van der Waals surface area contributed by atoms with Crippen LogP contribution in [0.2, 0.25) is 0 Å². The molecule has 2 fully saturated rings. The number of amides is 1. The molecule has 0 N–H and O–H groups in total. The van der Waals surface area contributed by atoms with Gasteiger partial charge >= 0.3 is 0 Å². The highest BCUT2D eigenvalue weighted by Crippen LogP contribution is 2.40. The molecule has 5 heteroatoms. The SMILES string of the molecule is CC1CCC(C(=O)N(c2cc(-c3ccccc3)sc2C=O)C2CCN(C)CC2)CC1. The van der Waals surface area contributed by atoms with Gasteiger partial charge in [0, 0.05) is 16.8 Å². The van der Waals surface area contributed by atoms with Crippen molar-refractivity contribution < 1.29 is 9.59 Å². The van der Waals surface area contributed by atoms with Crippen LogP contribution in [-0.2, 0) is 4.79 Å². The summed E-state index contributed by atoms with van der Waals surface area (Å²) in [5.74, 6) is 1.03. The molecule has 1 saturated carbocycles. The first-order chi connectivity index (χ1) is 14.6. The summed E-state index contributed by atoms with van der Waals surface area (Å²) in [6, 6.07) is 12.4. The third kappa shape index (κ3) is 4.52. The molecule has 0 radical (unpaired) electrons. The molecular formula is C25H32N2O2S. The minimum atomic E-state index is 0.0837. The van der Waals surface area contributed by atoms with Crippen molar-refractivity contribution in [2.75, 3.05) is 25.0 Å². The lowest BCUT2D eigenvalue weighted by Crippen LogP contribution is -2.49. The molecule has 0 atom stereocenters. The summed E-state index contributed by atoms with van der Waals surface area (Å²) in [6.45, 7) is 4.26. The zero-order valence-electron chi connectivity index (χ0n) is 18.0. The molecule has 1 amide bonds. The molecular weight excluding hydrogens is 392 g/mol. The molecule has 0 spiro atoms. The van der Waals surface area contributed by atoms with Gasteiger partial charge in [0.25, 0.3) is 0 Å². The van der Waals surface area contributed by atoms with E-state index < -0.39 is 0 Å². The summed E-state index contributed by atoms with van der Waals surface area (Å²) in [4.78, 5) is 31.9. The number of carbonyl (C=O) groups is 2. The van der Waals surface area contributed by atoms with Crippen LogP contribution in [0.4, 0.5) is 5.69 Å². The van der Waals surface area contributed by atoms with Gasteiger partial charge in [0.05, 0.1) is 10.6 Å². The van der Waals surface area contributed by atoms with Crippen LogP contribution in [0.15, 0.2) is 36.4 Å². The number of hydrogen-bond acceptors (Lipinski definition) is 4. The number of rotatable bonds is 5. The van der Waals surface area contributed by atoms with Crippen molar-refractivity contribution in [2.24, 2.45) is 11.8 Å². The fourth-order valence-electron chi connectivity index (χ4n) is 4.87. The Hall–Kier alpha value is -1.98. The van der Waals surface area contributed by atoms with E-state index in [4.69, 9.17) is 0 Å². The Kier molecular flexibility index (Phi) is 6.69. The highest BCUT2D eigenvalue weighted by molar-refractivity contribution is 7.17. The average molecular weight is 425 g/mol. The lowest BCUT2D eigenvalue weighted by Gasteiger charge is -2.39. The summed E-state index contributed by atoms with van der Waals surface area (Å²) in [5, 5.41) is 0. The molecule has 4 rings (SSSR count). The molecule has 0 unspecified atom stereocenters. The minimum absolute atomic E-state index is 0.0837. The van der Waals surface area contributed by atoms with E-state index in [1.54, 1.807) is 0 Å². The van der Waals surface area contributed by atoms with Gasteiger partial charge in [-0.3, -0.25) is 9.59 Å². The van der Waals surface area contributed by atoms with Crippen molar-refractivity contribution in [1.29, 1.82) is 0 Å². The van der Waals surface area contributed by atoms with E-state index in [9.17, 15) is 9.59 Å². The van der Waals surface area contributed by atoms with E-state index in [-0.39, 0.29) is 17.9 Å². The third-order valence-corrected chi connectivity index (χ3v) is 7.92. The Bertz CT molecular complexity index is 863. The third-order valence-electron chi connectivity index (χ3n) is 6.82. The number of carbonyl (C=O) groups excluding carboxylic acids is 2. The van der Waals surface area contributed by atoms with E-state index in [1.807, 2.05) is 23.1 Å². The maximum atomic E-state index is 13.8. The molecule has 1 aliphatic heterocycles. The van der Waals surface area contributed by atoms with E-state index in [0.29, 0.717) is 10.8 Å². The number of thiophene rings is 1. The first-order valence-corrected chi connectivity index (χ1v) is 12.0. The van der Waals surface area contributed by atoms with Crippen LogP contribution < -0.4 is 4.90 Å². The minimum Gasteiger partial charge on any atom is -0.307 e. The highest BCUT2D eigenvalue weighted by atomic mass is 32.1. The quantitative estimate of drug-likeness (QED) is 0.597. The Morgan fingerprint density at radius 3 is 2.37 bits per heavy atom. The number of aldehydes is 1. The summed E-state index contributed by atoms with van der Waals surface area (Å²) in [7, 11) is 2.14. The monoisotopic (exact) mass is 424 g/mol. The lowest BCUT2D eigenvalue weighted by atomic mass is 9.82. The van der Waals surface area contributed by atoms with Crippen LogP contribution in [-0.4, -0.2) is 43.3 Å². The molecule has 2 aromatic rings. The molecule has 160 valence electrons. The normalized spacial score (nSPS) is 23.3. The van der Waals surface area contributed by atoms with E-state index in [1.165, 1.54) is 11.3 Å². The van der Waals surface area contributed by atoms with E-state index >= 15 is 0 Å². The van der Waals surface area contributed by atoms with E-state index in [0.717, 1.165) is 74.0 Å².